The third-order valence-electron chi connectivity index (χ3n) is 21.5. The zero-order valence-corrected chi connectivity index (χ0v) is 69.0. The Labute approximate surface area is 661 Å². The summed E-state index contributed by atoms with van der Waals surface area (Å²) in [5.74, 6) is -10.3. The molecule has 0 saturated carbocycles. The number of hydrogen-bond donors (Lipinski definition) is 9. The maximum Gasteiger partial charge on any atom is 0.322 e. The maximum atomic E-state index is 15.1. The Bertz CT molecular complexity index is 3670. The number of carbonyl (C=O) groups excluding carboxylic acids is 14. The zero-order valence-electron chi connectivity index (χ0n) is 69.0. The number of benzene rings is 3. The standard InChI is InChI=1S/C83H126N14O15/c1-19-52(9)68(80(109)94(17)64(45-50(5)6)73(102)85-61(46-58-34-25-21-26-35-58)71(100)87-67(51(7)8)76(105)88-69(53(10)20-2)82(111)96-41-31-24-32-42-96)90-83(112)91-72(101)63-40-33-43-97(63)79(108)62(44-49(3)4)86-74(103)65(47-59-36-27-22-28-37-59)95(18)81(110)70(56(13)98)89-75(104)66(48-60-38-29-23-30-39-60)93(16)78(107)55(12)92(15)77(106)54(11)84-57(14)99/h21-23,25-30,34-39,49-56,61-70,98H,19-20,24,31-33,40-48H2,1-18H3,(H,84,99)(H,85,102)(H,86,103)(H,87,100)(H,88,105)(H,89,104)(H2,90,91,101,112)/t52-,53-,54-,55-,56+,61-,62-,63-,64-,65-,66-,67-,68-,69-,70-/m0/s1. The molecule has 0 radical (unpaired) electrons. The molecular formula is C83H126N14O15. The van der Waals surface area contributed by atoms with E-state index in [0.717, 1.165) is 34.0 Å². The van der Waals surface area contributed by atoms with E-state index in [1.54, 1.807) is 124 Å². The van der Waals surface area contributed by atoms with E-state index in [4.69, 9.17) is 0 Å². The van der Waals surface area contributed by atoms with Crippen LogP contribution in [0.2, 0.25) is 0 Å². The van der Waals surface area contributed by atoms with Crippen molar-refractivity contribution in [3.8, 4) is 0 Å². The van der Waals surface area contributed by atoms with Crippen molar-refractivity contribution in [2.24, 2.45) is 29.6 Å². The first-order chi connectivity index (χ1) is 52.8. The Morgan fingerprint density at radius 1 is 0.438 bits per heavy atom. The summed E-state index contributed by atoms with van der Waals surface area (Å²) < 4.78 is 0. The number of likely N-dealkylation sites (N-methyl/N-ethyl adjacent to an activating group) is 4. The van der Waals surface area contributed by atoms with Crippen molar-refractivity contribution in [2.45, 2.75) is 253 Å². The van der Waals surface area contributed by atoms with Crippen molar-refractivity contribution in [3.05, 3.63) is 108 Å². The number of likely N-dealkylation sites (tertiary alicyclic amines) is 2. The fourth-order valence-corrected chi connectivity index (χ4v) is 14.1. The van der Waals surface area contributed by atoms with Crippen LogP contribution in [0.3, 0.4) is 0 Å². The summed E-state index contributed by atoms with van der Waals surface area (Å²) in [5, 5.41) is 33.2. The van der Waals surface area contributed by atoms with E-state index in [2.05, 4.69) is 42.5 Å². The molecule has 2 aliphatic heterocycles. The lowest BCUT2D eigenvalue weighted by molar-refractivity contribution is -0.149. The number of hydrogen-bond acceptors (Lipinski definition) is 15. The third kappa shape index (κ3) is 26.7. The molecule has 0 bridgehead atoms. The molecule has 618 valence electrons. The molecule has 29 nitrogen and oxygen atoms in total. The van der Waals surface area contributed by atoms with Gasteiger partial charge in [-0.05, 0) is 112 Å². The lowest BCUT2D eigenvalue weighted by Gasteiger charge is -2.36. The second-order valence-corrected chi connectivity index (χ2v) is 31.6. The molecule has 5 rings (SSSR count). The molecule has 0 aromatic heterocycles. The largest absolute Gasteiger partial charge is 0.391 e. The number of nitrogens with zero attached hydrogens (tertiary/aromatic N) is 6. The summed E-state index contributed by atoms with van der Waals surface area (Å²) in [6, 6.07) is 10.4. The highest BCUT2D eigenvalue weighted by molar-refractivity contribution is 6.03. The highest BCUT2D eigenvalue weighted by Crippen LogP contribution is 2.25. The minimum absolute atomic E-state index is 0.00592. The molecule has 15 amide bonds. The Balaban J connectivity index is 1.36. The van der Waals surface area contributed by atoms with E-state index in [-0.39, 0.29) is 68.7 Å². The van der Waals surface area contributed by atoms with Gasteiger partial charge in [0.2, 0.25) is 70.9 Å². The molecule has 112 heavy (non-hydrogen) atoms. The van der Waals surface area contributed by atoms with Crippen LogP contribution in [0, 0.1) is 29.6 Å². The van der Waals surface area contributed by atoms with Gasteiger partial charge in [0.15, 0.2) is 0 Å². The van der Waals surface area contributed by atoms with Gasteiger partial charge in [-0.2, -0.15) is 0 Å². The van der Waals surface area contributed by atoms with Crippen molar-refractivity contribution in [1.29, 1.82) is 0 Å². The summed E-state index contributed by atoms with van der Waals surface area (Å²) in [4.78, 5) is 209. The number of rotatable bonds is 39. The normalized spacial score (nSPS) is 17.3. The third-order valence-corrected chi connectivity index (χ3v) is 21.5. The van der Waals surface area contributed by atoms with Crippen LogP contribution in [0.4, 0.5) is 4.79 Å². The predicted molar refractivity (Wildman–Crippen MR) is 425 cm³/mol. The van der Waals surface area contributed by atoms with Crippen LogP contribution < -0.4 is 42.5 Å². The van der Waals surface area contributed by atoms with Crippen molar-refractivity contribution >= 4 is 82.8 Å². The zero-order chi connectivity index (χ0) is 83.5. The molecule has 3 aromatic carbocycles. The molecule has 3 aromatic rings. The van der Waals surface area contributed by atoms with Gasteiger partial charge in [-0.25, -0.2) is 4.79 Å². The van der Waals surface area contributed by atoms with Crippen LogP contribution in [0.1, 0.15) is 171 Å². The quantitative estimate of drug-likeness (QED) is 0.0382. The maximum absolute atomic E-state index is 15.1. The summed E-state index contributed by atoms with van der Waals surface area (Å²) in [5.41, 5.74) is 1.91. The molecule has 9 N–H and O–H groups in total. The fourth-order valence-electron chi connectivity index (χ4n) is 14.1. The van der Waals surface area contributed by atoms with E-state index >= 15 is 14.4 Å². The Kier molecular flexibility index (Phi) is 36.8. The smallest absolute Gasteiger partial charge is 0.322 e. The van der Waals surface area contributed by atoms with Crippen molar-refractivity contribution in [3.63, 3.8) is 0 Å². The number of piperidine rings is 1. The van der Waals surface area contributed by atoms with E-state index in [0.29, 0.717) is 49.0 Å². The van der Waals surface area contributed by atoms with Gasteiger partial charge in [0, 0.05) is 74.0 Å². The van der Waals surface area contributed by atoms with Crippen molar-refractivity contribution in [2.75, 3.05) is 47.8 Å². The van der Waals surface area contributed by atoms with Gasteiger partial charge in [-0.15, -0.1) is 0 Å². The summed E-state index contributed by atoms with van der Waals surface area (Å²) in [7, 11) is 5.50. The molecule has 15 atom stereocenters. The number of carbonyl (C=O) groups is 14. The van der Waals surface area contributed by atoms with Crippen LogP contribution in [0.5, 0.6) is 0 Å². The minimum atomic E-state index is -1.72. The summed E-state index contributed by atoms with van der Waals surface area (Å²) >= 11 is 0. The highest BCUT2D eigenvalue weighted by atomic mass is 16.3. The summed E-state index contributed by atoms with van der Waals surface area (Å²) in [6.45, 7) is 25.0. The van der Waals surface area contributed by atoms with E-state index in [1.807, 2.05) is 41.5 Å². The second kappa shape index (κ2) is 44.4. The fraction of sp³-hybridized carbons (Fsp3) is 0.614. The van der Waals surface area contributed by atoms with Gasteiger partial charge in [-0.1, -0.05) is 173 Å². The molecule has 0 unspecified atom stereocenters. The van der Waals surface area contributed by atoms with E-state index in [1.165, 1.54) is 65.7 Å². The van der Waals surface area contributed by atoms with Gasteiger partial charge >= 0.3 is 6.03 Å². The van der Waals surface area contributed by atoms with Crippen LogP contribution in [0.25, 0.3) is 0 Å². The first-order valence-electron chi connectivity index (χ1n) is 39.7. The number of imide groups is 1. The van der Waals surface area contributed by atoms with Gasteiger partial charge in [0.1, 0.15) is 72.5 Å². The monoisotopic (exact) mass is 1560 g/mol. The first-order valence-corrected chi connectivity index (χ1v) is 39.7. The first kappa shape index (κ1) is 92.8. The van der Waals surface area contributed by atoms with Crippen molar-refractivity contribution < 1.29 is 72.2 Å². The Morgan fingerprint density at radius 2 is 0.884 bits per heavy atom. The number of aliphatic hydroxyl groups is 1. The van der Waals surface area contributed by atoms with Gasteiger partial charge in [0.25, 0.3) is 5.91 Å². The van der Waals surface area contributed by atoms with E-state index < -0.39 is 167 Å². The lowest BCUT2D eigenvalue weighted by Crippen LogP contribution is -2.62. The molecular weight excluding hydrogens is 1430 g/mol. The molecule has 2 saturated heterocycles. The number of amides is 15. The van der Waals surface area contributed by atoms with Crippen LogP contribution in [-0.4, -0.2) is 244 Å². The van der Waals surface area contributed by atoms with Crippen LogP contribution >= 0.6 is 0 Å². The van der Waals surface area contributed by atoms with Gasteiger partial charge < -0.3 is 71.7 Å². The molecule has 0 aliphatic carbocycles. The molecule has 0 spiro atoms. The topological polar surface area (TPSA) is 375 Å². The average molecular weight is 1560 g/mol. The Hall–Kier alpha value is -9.80. The van der Waals surface area contributed by atoms with Gasteiger partial charge in [-0.3, -0.25) is 67.6 Å². The minimum Gasteiger partial charge on any atom is -0.391 e. The molecule has 29 heteroatoms. The number of aliphatic hydroxyl groups excluding tert-OH is 1. The van der Waals surface area contributed by atoms with Crippen LogP contribution in [-0.2, 0) is 81.6 Å². The lowest BCUT2D eigenvalue weighted by atomic mass is 9.95. The SMILES string of the molecule is CC[C@H](C)[C@H](NC(=O)[C@@H](NC(=O)[C@H](Cc1ccccc1)NC(=O)[C@H](CC(C)C)N(C)C(=O)[C@@H](NC(=O)NC(=O)[C@@H]1CCCN1C(=O)[C@H](CC(C)C)NC(=O)[C@H](Cc1ccccc1)N(C)C(=O)[C@@H](NC(=O)[C@H](Cc1ccccc1)N(C)C(=O)[C@H](C)N(C)C(=O)[C@H](C)NC(C)=O)[C@@H](C)O)[C@@H](C)CC)C(C)C)C(=O)N1CCCCC1. The molecule has 2 fully saturated rings. The molecule has 2 heterocycles. The van der Waals surface area contributed by atoms with E-state index in [9.17, 15) is 57.8 Å². The van der Waals surface area contributed by atoms with Crippen molar-refractivity contribution in [1.82, 2.24) is 71.9 Å². The average Bonchev–Trinajstić information content (AvgIpc) is 1.33. The molecule has 2 aliphatic rings. The van der Waals surface area contributed by atoms with Gasteiger partial charge in [0.05, 0.1) is 6.10 Å². The predicted octanol–water partition coefficient (Wildman–Crippen LogP) is 4.41. The summed E-state index contributed by atoms with van der Waals surface area (Å²) in [6.07, 6.45) is 2.49. The van der Waals surface area contributed by atoms with Crippen LogP contribution in [0.15, 0.2) is 91.0 Å². The second-order valence-electron chi connectivity index (χ2n) is 31.6. The number of urea groups is 1. The highest BCUT2D eigenvalue weighted by Gasteiger charge is 2.45. The number of nitrogens with one attached hydrogen (secondary N) is 8. The Morgan fingerprint density at radius 3 is 1.38 bits per heavy atom.